The van der Waals surface area contributed by atoms with Gasteiger partial charge in [-0.25, -0.2) is 0 Å². The Morgan fingerprint density at radius 2 is 1.73 bits per heavy atom. The van der Waals surface area contributed by atoms with Gasteiger partial charge in [-0.15, -0.1) is 0 Å². The monoisotopic (exact) mass is 308 g/mol. The highest BCUT2D eigenvalue weighted by molar-refractivity contribution is 5.53. The lowest BCUT2D eigenvalue weighted by atomic mass is 9.90. The predicted molar refractivity (Wildman–Crippen MR) is 87.8 cm³/mol. The van der Waals surface area contributed by atoms with Crippen molar-refractivity contribution in [1.29, 1.82) is 0 Å². The maximum atomic E-state index is 10.1. The van der Waals surface area contributed by atoms with E-state index in [1.807, 2.05) is 12.1 Å². The number of rotatable bonds is 6. The lowest BCUT2D eigenvalue weighted by Gasteiger charge is -2.38. The molecule has 0 bridgehead atoms. The summed E-state index contributed by atoms with van der Waals surface area (Å²) >= 11 is 0. The van der Waals surface area contributed by atoms with Crippen molar-refractivity contribution < 1.29 is 14.6 Å². The maximum absolute atomic E-state index is 10.1. The van der Waals surface area contributed by atoms with Gasteiger partial charge in [-0.2, -0.15) is 0 Å². The maximum Gasteiger partial charge on any atom is 0.200 e. The van der Waals surface area contributed by atoms with Crippen LogP contribution in [0.1, 0.15) is 31.9 Å². The van der Waals surface area contributed by atoms with Crippen LogP contribution in [0.25, 0.3) is 0 Å². The second kappa shape index (κ2) is 7.70. The van der Waals surface area contributed by atoms with Crippen LogP contribution in [0.4, 0.5) is 0 Å². The van der Waals surface area contributed by atoms with Gasteiger partial charge < -0.3 is 19.9 Å². The molecule has 0 amide bonds. The van der Waals surface area contributed by atoms with Crippen molar-refractivity contribution in [2.45, 2.75) is 26.3 Å². The Balaban J connectivity index is 2.41. The summed E-state index contributed by atoms with van der Waals surface area (Å²) in [5.41, 5.74) is 1.14. The number of methoxy groups -OCH3 is 2. The molecule has 1 saturated heterocycles. The molecule has 0 saturated carbocycles. The average molecular weight is 308 g/mol. The molecule has 0 aliphatic carbocycles. The Labute approximate surface area is 133 Å². The number of hydrogen-bond acceptors (Lipinski definition) is 5. The molecule has 2 N–H and O–H groups in total. The second-order valence-electron chi connectivity index (χ2n) is 5.89. The van der Waals surface area contributed by atoms with E-state index in [2.05, 4.69) is 24.1 Å². The van der Waals surface area contributed by atoms with Gasteiger partial charge in [0.1, 0.15) is 0 Å². The molecule has 5 nitrogen and oxygen atoms in total. The second-order valence-corrected chi connectivity index (χ2v) is 5.89. The standard InChI is InChI=1S/C17H28N2O3/c1-5-12(2)16(19-8-6-18-7-9-19)13-10-14(21-3)17(20)15(11-13)22-4/h10-12,16,18,20H,5-9H2,1-4H3/t12?,16-/m0/s1. The molecule has 1 aromatic rings. The first-order valence-electron chi connectivity index (χ1n) is 8.02. The van der Waals surface area contributed by atoms with E-state index in [0.29, 0.717) is 23.5 Å². The van der Waals surface area contributed by atoms with Gasteiger partial charge in [-0.1, -0.05) is 20.3 Å². The summed E-state index contributed by atoms with van der Waals surface area (Å²) in [5, 5.41) is 13.5. The van der Waals surface area contributed by atoms with Gasteiger partial charge in [-0.3, -0.25) is 4.90 Å². The topological polar surface area (TPSA) is 54.0 Å². The Morgan fingerprint density at radius 1 is 1.18 bits per heavy atom. The van der Waals surface area contributed by atoms with Crippen LogP contribution in [0.5, 0.6) is 17.2 Å². The predicted octanol–water partition coefficient (Wildman–Crippen LogP) is 2.40. The van der Waals surface area contributed by atoms with Crippen LogP contribution in [-0.4, -0.2) is 50.4 Å². The molecule has 2 rings (SSSR count). The largest absolute Gasteiger partial charge is 0.502 e. The third-order valence-corrected chi connectivity index (χ3v) is 4.57. The molecule has 124 valence electrons. The molecule has 1 fully saturated rings. The van der Waals surface area contributed by atoms with Crippen LogP contribution >= 0.6 is 0 Å². The van der Waals surface area contributed by atoms with Crippen molar-refractivity contribution in [3.8, 4) is 17.2 Å². The van der Waals surface area contributed by atoms with E-state index in [4.69, 9.17) is 9.47 Å². The molecule has 1 unspecified atom stereocenters. The minimum absolute atomic E-state index is 0.0666. The molecule has 0 spiro atoms. The number of phenolic OH excluding ortho intramolecular Hbond substituents is 1. The Bertz CT molecular complexity index is 462. The molecule has 1 aliphatic heterocycles. The number of benzene rings is 1. The highest BCUT2D eigenvalue weighted by Gasteiger charge is 2.28. The molecular weight excluding hydrogens is 280 g/mol. The van der Waals surface area contributed by atoms with Crippen LogP contribution in [-0.2, 0) is 0 Å². The Hall–Kier alpha value is -1.46. The number of phenols is 1. The lowest BCUT2D eigenvalue weighted by Crippen LogP contribution is -2.46. The van der Waals surface area contributed by atoms with E-state index in [0.717, 1.165) is 38.2 Å². The highest BCUT2D eigenvalue weighted by Crippen LogP contribution is 2.42. The van der Waals surface area contributed by atoms with Gasteiger partial charge in [0.25, 0.3) is 0 Å². The minimum atomic E-state index is 0.0666. The van der Waals surface area contributed by atoms with Crippen LogP contribution < -0.4 is 14.8 Å². The number of hydrogen-bond donors (Lipinski definition) is 2. The first-order chi connectivity index (χ1) is 10.6. The SMILES string of the molecule is CCC(C)[C@@H](c1cc(OC)c(O)c(OC)c1)N1CCNCC1. The molecule has 22 heavy (non-hydrogen) atoms. The number of ether oxygens (including phenoxy) is 2. The van der Waals surface area contributed by atoms with Gasteiger partial charge in [0, 0.05) is 32.2 Å². The van der Waals surface area contributed by atoms with Gasteiger partial charge >= 0.3 is 0 Å². The fraction of sp³-hybridized carbons (Fsp3) is 0.647. The fourth-order valence-corrected chi connectivity index (χ4v) is 3.17. The molecule has 2 atom stereocenters. The molecule has 0 aromatic heterocycles. The van der Waals surface area contributed by atoms with Gasteiger partial charge in [0.05, 0.1) is 14.2 Å². The van der Waals surface area contributed by atoms with Crippen LogP contribution in [0.15, 0.2) is 12.1 Å². The third-order valence-electron chi connectivity index (χ3n) is 4.57. The van der Waals surface area contributed by atoms with E-state index < -0.39 is 0 Å². The fourth-order valence-electron chi connectivity index (χ4n) is 3.17. The van der Waals surface area contributed by atoms with Gasteiger partial charge in [-0.05, 0) is 23.6 Å². The molecule has 1 aliphatic rings. The highest BCUT2D eigenvalue weighted by atomic mass is 16.5. The first-order valence-corrected chi connectivity index (χ1v) is 8.02. The van der Waals surface area contributed by atoms with Crippen LogP contribution in [0, 0.1) is 5.92 Å². The zero-order valence-electron chi connectivity index (χ0n) is 14.1. The summed E-state index contributed by atoms with van der Waals surface area (Å²) in [4.78, 5) is 2.51. The minimum Gasteiger partial charge on any atom is -0.502 e. The van der Waals surface area contributed by atoms with Crippen molar-refractivity contribution in [2.75, 3.05) is 40.4 Å². The average Bonchev–Trinajstić information content (AvgIpc) is 2.56. The third kappa shape index (κ3) is 3.47. The smallest absolute Gasteiger partial charge is 0.200 e. The zero-order chi connectivity index (χ0) is 16.1. The van der Waals surface area contributed by atoms with E-state index >= 15 is 0 Å². The summed E-state index contributed by atoms with van der Waals surface area (Å²) in [6.07, 6.45) is 1.10. The zero-order valence-corrected chi connectivity index (χ0v) is 14.1. The quantitative estimate of drug-likeness (QED) is 0.845. The van der Waals surface area contributed by atoms with E-state index in [1.54, 1.807) is 14.2 Å². The molecule has 1 heterocycles. The normalized spacial score (nSPS) is 18.7. The Morgan fingerprint density at radius 3 is 2.18 bits per heavy atom. The number of nitrogens with one attached hydrogen (secondary N) is 1. The van der Waals surface area contributed by atoms with Gasteiger partial charge in [0.2, 0.25) is 5.75 Å². The summed E-state index contributed by atoms with van der Waals surface area (Å²) in [6, 6.07) is 4.18. The summed E-state index contributed by atoms with van der Waals surface area (Å²) in [7, 11) is 3.14. The van der Waals surface area contributed by atoms with Gasteiger partial charge in [0.15, 0.2) is 11.5 Å². The van der Waals surface area contributed by atoms with Crippen LogP contribution in [0.3, 0.4) is 0 Å². The molecular formula is C17H28N2O3. The number of piperazine rings is 1. The van der Waals surface area contributed by atoms with E-state index in [1.165, 1.54) is 0 Å². The number of aromatic hydroxyl groups is 1. The summed E-state index contributed by atoms with van der Waals surface area (Å²) in [6.45, 7) is 8.58. The van der Waals surface area contributed by atoms with E-state index in [9.17, 15) is 5.11 Å². The van der Waals surface area contributed by atoms with Crippen molar-refractivity contribution in [3.05, 3.63) is 17.7 Å². The van der Waals surface area contributed by atoms with Crippen LogP contribution in [0.2, 0.25) is 0 Å². The van der Waals surface area contributed by atoms with Crippen molar-refractivity contribution in [3.63, 3.8) is 0 Å². The molecule has 0 radical (unpaired) electrons. The molecule has 1 aromatic carbocycles. The van der Waals surface area contributed by atoms with E-state index in [-0.39, 0.29) is 5.75 Å². The first kappa shape index (κ1) is 16.9. The van der Waals surface area contributed by atoms with Crippen molar-refractivity contribution in [1.82, 2.24) is 10.2 Å². The Kier molecular flexibility index (Phi) is 5.91. The summed E-state index contributed by atoms with van der Waals surface area (Å²) in [5.74, 6) is 1.52. The van der Waals surface area contributed by atoms with Crippen molar-refractivity contribution in [2.24, 2.45) is 5.92 Å². The lowest BCUT2D eigenvalue weighted by molar-refractivity contribution is 0.128. The van der Waals surface area contributed by atoms with Crippen molar-refractivity contribution >= 4 is 0 Å². The number of nitrogens with zero attached hydrogens (tertiary/aromatic N) is 1. The molecule has 5 heteroatoms. The summed E-state index contributed by atoms with van der Waals surface area (Å²) < 4.78 is 10.6.